The lowest BCUT2D eigenvalue weighted by molar-refractivity contribution is -0.145. The molecule has 6 rings (SSSR count). The lowest BCUT2D eigenvalue weighted by Gasteiger charge is -2.24. The number of ether oxygens (including phenoxy) is 1. The van der Waals surface area contributed by atoms with Gasteiger partial charge in [0.1, 0.15) is 11.8 Å². The summed E-state index contributed by atoms with van der Waals surface area (Å²) in [6.07, 6.45) is 10.1. The zero-order valence-corrected chi connectivity index (χ0v) is 26.0. The van der Waals surface area contributed by atoms with Crippen LogP contribution in [0.4, 0.5) is 11.8 Å². The van der Waals surface area contributed by atoms with Crippen molar-refractivity contribution >= 4 is 36.6 Å². The third-order valence-corrected chi connectivity index (χ3v) is 9.34. The average Bonchev–Trinajstić information content (AvgIpc) is 3.55. The Morgan fingerprint density at radius 3 is 2.60 bits per heavy atom. The number of benzene rings is 2. The van der Waals surface area contributed by atoms with Gasteiger partial charge in [-0.15, -0.1) is 0 Å². The number of aromatic nitrogens is 4. The lowest BCUT2D eigenvalue weighted by atomic mass is 10.1. The van der Waals surface area contributed by atoms with Crippen LogP contribution in [-0.4, -0.2) is 50.8 Å². The van der Waals surface area contributed by atoms with Gasteiger partial charge in [0.25, 0.3) is 0 Å². The molecular weight excluding hydrogens is 593 g/mol. The van der Waals surface area contributed by atoms with Gasteiger partial charge in [0.05, 0.1) is 25.6 Å². The summed E-state index contributed by atoms with van der Waals surface area (Å²) in [7, 11) is -3.98. The van der Waals surface area contributed by atoms with Crippen molar-refractivity contribution in [2.45, 2.75) is 57.2 Å². The Bertz CT molecular complexity index is 1680. The maximum atomic E-state index is 14.0. The summed E-state index contributed by atoms with van der Waals surface area (Å²) in [5.74, 6) is 0.575. The number of nitrogens with two attached hydrogens (primary N) is 1. The van der Waals surface area contributed by atoms with E-state index in [9.17, 15) is 9.36 Å². The van der Waals surface area contributed by atoms with Gasteiger partial charge in [-0.3, -0.25) is 9.32 Å². The third kappa shape index (κ3) is 8.08. The molecule has 2 aliphatic rings. The summed E-state index contributed by atoms with van der Waals surface area (Å²) in [6.45, 7) is 1.93. The van der Waals surface area contributed by atoms with Crippen LogP contribution in [0.25, 0.3) is 11.2 Å². The summed E-state index contributed by atoms with van der Waals surface area (Å²) in [5.41, 5.74) is 8.53. The number of aryl methyl sites for hydroxylation is 1. The summed E-state index contributed by atoms with van der Waals surface area (Å²) < 4.78 is 33.2. The SMILES string of the molecule is C[C@H](NP(=O)(OC[C@@H]1C=C[C@H](n2cnc3c(NC4CC4)nc(N)nc32)C1)Oc1ccccc1)C(=O)OCCCc1ccccc1. The Morgan fingerprint density at radius 2 is 1.84 bits per heavy atom. The molecule has 12 nitrogen and oxygen atoms in total. The summed E-state index contributed by atoms with van der Waals surface area (Å²) in [6, 6.07) is 18.1. The quantitative estimate of drug-likeness (QED) is 0.0663. The maximum Gasteiger partial charge on any atom is 0.459 e. The molecule has 2 heterocycles. The second-order valence-corrected chi connectivity index (χ2v) is 13.1. The van der Waals surface area contributed by atoms with Gasteiger partial charge in [0, 0.05) is 12.0 Å². The van der Waals surface area contributed by atoms with Crippen LogP contribution >= 0.6 is 7.75 Å². The first kappa shape index (κ1) is 30.8. The molecule has 1 fully saturated rings. The Kier molecular flexibility index (Phi) is 9.44. The smallest absolute Gasteiger partial charge is 0.459 e. The molecule has 45 heavy (non-hydrogen) atoms. The fourth-order valence-electron chi connectivity index (χ4n) is 5.19. The first-order valence-electron chi connectivity index (χ1n) is 15.3. The van der Waals surface area contributed by atoms with Gasteiger partial charge in [-0.2, -0.15) is 15.1 Å². The second kappa shape index (κ2) is 13.8. The largest absolute Gasteiger partial charge is 0.465 e. The van der Waals surface area contributed by atoms with Gasteiger partial charge < -0.3 is 24.9 Å². The highest BCUT2D eigenvalue weighted by Gasteiger charge is 2.34. The number of nitrogens with zero attached hydrogens (tertiary/aromatic N) is 4. The zero-order chi connectivity index (χ0) is 31.2. The summed E-state index contributed by atoms with van der Waals surface area (Å²) in [4.78, 5) is 26.2. The minimum Gasteiger partial charge on any atom is -0.465 e. The van der Waals surface area contributed by atoms with E-state index in [0.29, 0.717) is 41.6 Å². The highest BCUT2D eigenvalue weighted by atomic mass is 31.2. The van der Waals surface area contributed by atoms with E-state index in [-0.39, 0.29) is 31.1 Å². The number of carbonyl (C=O) groups excluding carboxylic acids is 1. The van der Waals surface area contributed by atoms with Crippen LogP contribution < -0.4 is 20.7 Å². The number of rotatable bonds is 15. The van der Waals surface area contributed by atoms with Crippen LogP contribution in [-0.2, 0) is 25.0 Å². The number of fused-ring (bicyclic) bond motifs is 1. The van der Waals surface area contributed by atoms with Gasteiger partial charge in [0.2, 0.25) is 5.95 Å². The first-order chi connectivity index (χ1) is 21.8. The predicted octanol–water partition coefficient (Wildman–Crippen LogP) is 5.46. The van der Waals surface area contributed by atoms with Crippen molar-refractivity contribution in [2.75, 3.05) is 24.3 Å². The van der Waals surface area contributed by atoms with Crippen LogP contribution in [0.1, 0.15) is 44.2 Å². The van der Waals surface area contributed by atoms with Gasteiger partial charge >= 0.3 is 13.7 Å². The van der Waals surface area contributed by atoms with Crippen LogP contribution in [0.3, 0.4) is 0 Å². The molecule has 13 heteroatoms. The number of anilines is 2. The van der Waals surface area contributed by atoms with Crippen LogP contribution in [0.2, 0.25) is 0 Å². The molecule has 236 valence electrons. The monoisotopic (exact) mass is 631 g/mol. The molecule has 2 aromatic heterocycles. The van der Waals surface area contributed by atoms with Gasteiger partial charge in [-0.25, -0.2) is 9.55 Å². The van der Waals surface area contributed by atoms with Gasteiger partial charge in [-0.1, -0.05) is 60.7 Å². The molecule has 0 saturated heterocycles. The standard InChI is InChI=1S/C32H38N7O5P/c1-22(31(40)42-18-8-11-23-9-4-2-5-10-23)38-45(41,44-27-12-6-3-7-13-27)43-20-24-14-17-26(19-24)39-21-34-28-29(35-25-15-16-25)36-32(33)37-30(28)39/h2-7,9-10,12-14,17,21-22,24-26H,8,11,15-16,18-20H2,1H3,(H,38,41)(H3,33,35,36,37)/t22-,24+,26-,45?/m0/s1. The highest BCUT2D eigenvalue weighted by molar-refractivity contribution is 7.52. The minimum absolute atomic E-state index is 0.0566. The zero-order valence-electron chi connectivity index (χ0n) is 25.1. The summed E-state index contributed by atoms with van der Waals surface area (Å²) in [5, 5.41) is 6.16. The van der Waals surface area contributed by atoms with Gasteiger partial charge in [0.15, 0.2) is 17.0 Å². The van der Waals surface area contributed by atoms with Crippen molar-refractivity contribution in [1.29, 1.82) is 0 Å². The molecular formula is C32H38N7O5P. The number of nitrogens with one attached hydrogen (secondary N) is 2. The Morgan fingerprint density at radius 1 is 1.09 bits per heavy atom. The molecule has 1 saturated carbocycles. The number of hydrogen-bond acceptors (Lipinski definition) is 10. The maximum absolute atomic E-state index is 14.0. The van der Waals surface area contributed by atoms with Crippen LogP contribution in [0.15, 0.2) is 79.1 Å². The van der Waals surface area contributed by atoms with E-state index in [4.69, 9.17) is 19.5 Å². The van der Waals surface area contributed by atoms with E-state index >= 15 is 0 Å². The molecule has 0 amide bonds. The predicted molar refractivity (Wildman–Crippen MR) is 172 cm³/mol. The van der Waals surface area contributed by atoms with Crippen molar-refractivity contribution in [3.05, 3.63) is 84.7 Å². The fraction of sp³-hybridized carbons (Fsp3) is 0.375. The van der Waals surface area contributed by atoms with Crippen molar-refractivity contribution in [3.8, 4) is 5.75 Å². The minimum atomic E-state index is -3.98. The molecule has 2 aliphatic carbocycles. The number of hydrogen-bond donors (Lipinski definition) is 3. The van der Waals surface area contributed by atoms with Gasteiger partial charge in [-0.05, 0) is 56.7 Å². The second-order valence-electron chi connectivity index (χ2n) is 11.4. The van der Waals surface area contributed by atoms with E-state index in [2.05, 4.69) is 25.4 Å². The third-order valence-electron chi connectivity index (χ3n) is 7.69. The highest BCUT2D eigenvalue weighted by Crippen LogP contribution is 2.46. The Hall–Kier alpha value is -4.25. The number of imidazole rings is 1. The van der Waals surface area contributed by atoms with Crippen molar-refractivity contribution in [2.24, 2.45) is 5.92 Å². The molecule has 4 aromatic rings. The number of esters is 1. The number of nitrogen functional groups attached to an aromatic ring is 1. The molecule has 4 atom stereocenters. The van der Waals surface area contributed by atoms with Crippen LogP contribution in [0.5, 0.6) is 5.75 Å². The molecule has 0 bridgehead atoms. The Balaban J connectivity index is 1.06. The van der Waals surface area contributed by atoms with E-state index in [1.165, 1.54) is 5.56 Å². The molecule has 4 N–H and O–H groups in total. The van der Waals surface area contributed by atoms with Crippen molar-refractivity contribution < 1.29 is 23.1 Å². The van der Waals surface area contributed by atoms with E-state index in [1.54, 1.807) is 37.5 Å². The van der Waals surface area contributed by atoms with E-state index < -0.39 is 19.8 Å². The molecule has 1 unspecified atom stereocenters. The molecule has 0 spiro atoms. The number of para-hydroxylation sites is 1. The Labute approximate surface area is 262 Å². The molecule has 2 aromatic carbocycles. The average molecular weight is 632 g/mol. The molecule has 0 radical (unpaired) electrons. The van der Waals surface area contributed by atoms with Crippen molar-refractivity contribution in [1.82, 2.24) is 24.6 Å². The fourth-order valence-corrected chi connectivity index (χ4v) is 6.74. The lowest BCUT2D eigenvalue weighted by Crippen LogP contribution is -2.35. The van der Waals surface area contributed by atoms with Crippen LogP contribution in [0, 0.1) is 5.92 Å². The number of allylic oxidation sites excluding steroid dienone is 1. The normalized spacial score (nSPS) is 19.7. The molecule has 0 aliphatic heterocycles. The number of carbonyl (C=O) groups is 1. The van der Waals surface area contributed by atoms with Crippen molar-refractivity contribution in [3.63, 3.8) is 0 Å². The topological polar surface area (TPSA) is 156 Å². The summed E-state index contributed by atoms with van der Waals surface area (Å²) >= 11 is 0. The van der Waals surface area contributed by atoms with E-state index in [0.717, 1.165) is 19.3 Å². The van der Waals surface area contributed by atoms with E-state index in [1.807, 2.05) is 53.1 Å². The first-order valence-corrected chi connectivity index (χ1v) is 16.8.